The highest BCUT2D eigenvalue weighted by Crippen LogP contribution is 2.29. The summed E-state index contributed by atoms with van der Waals surface area (Å²) in [7, 11) is 0. The van der Waals surface area contributed by atoms with Crippen LogP contribution in [-0.4, -0.2) is 5.11 Å². The summed E-state index contributed by atoms with van der Waals surface area (Å²) in [6.45, 7) is 2.25. The first-order chi connectivity index (χ1) is 9.65. The number of halogens is 2. The number of aliphatic hydroxyl groups excluding tert-OH is 1. The van der Waals surface area contributed by atoms with Crippen molar-refractivity contribution in [3.05, 3.63) is 33.3 Å². The molecule has 1 aromatic carbocycles. The van der Waals surface area contributed by atoms with E-state index in [-0.39, 0.29) is 0 Å². The Morgan fingerprint density at radius 2 is 1.65 bits per heavy atom. The van der Waals surface area contributed by atoms with E-state index in [0.29, 0.717) is 5.02 Å². The van der Waals surface area contributed by atoms with Crippen molar-refractivity contribution in [2.75, 3.05) is 0 Å². The van der Waals surface area contributed by atoms with E-state index in [1.165, 1.54) is 44.9 Å². The van der Waals surface area contributed by atoms with E-state index in [1.807, 2.05) is 18.2 Å². The fraction of sp³-hybridized carbons (Fsp3) is 0.647. The first kappa shape index (κ1) is 18.0. The van der Waals surface area contributed by atoms with Gasteiger partial charge in [-0.3, -0.25) is 0 Å². The van der Waals surface area contributed by atoms with Gasteiger partial charge in [0.05, 0.1) is 6.10 Å². The zero-order valence-corrected chi connectivity index (χ0v) is 14.7. The molecule has 0 spiro atoms. The van der Waals surface area contributed by atoms with Crippen LogP contribution in [0.1, 0.15) is 76.4 Å². The molecule has 0 aliphatic carbocycles. The van der Waals surface area contributed by atoms with Gasteiger partial charge in [0.15, 0.2) is 0 Å². The molecule has 0 radical (unpaired) electrons. The normalized spacial score (nSPS) is 12.6. The molecule has 0 amide bonds. The summed E-state index contributed by atoms with van der Waals surface area (Å²) in [5, 5.41) is 10.9. The summed E-state index contributed by atoms with van der Waals surface area (Å²) >= 11 is 9.44. The fourth-order valence-corrected chi connectivity index (χ4v) is 3.09. The van der Waals surface area contributed by atoms with Crippen molar-refractivity contribution in [2.24, 2.45) is 0 Å². The van der Waals surface area contributed by atoms with E-state index in [0.717, 1.165) is 22.9 Å². The average molecular weight is 362 g/mol. The maximum atomic E-state index is 10.2. The molecule has 1 atom stereocenters. The standard InChI is InChI=1S/C17H26BrClO/c1-2-3-4-5-6-7-8-9-10-17(20)15-13-14(19)11-12-16(15)18/h11-13,17,20H,2-10H2,1H3. The van der Waals surface area contributed by atoms with Gasteiger partial charge in [0, 0.05) is 9.50 Å². The Morgan fingerprint density at radius 1 is 1.05 bits per heavy atom. The second-order valence-electron chi connectivity index (χ2n) is 5.45. The van der Waals surface area contributed by atoms with E-state index in [1.54, 1.807) is 0 Å². The zero-order valence-electron chi connectivity index (χ0n) is 12.4. The fourth-order valence-electron chi connectivity index (χ4n) is 2.40. The molecule has 1 N–H and O–H groups in total. The van der Waals surface area contributed by atoms with E-state index in [2.05, 4.69) is 22.9 Å². The van der Waals surface area contributed by atoms with Crippen LogP contribution in [0.15, 0.2) is 22.7 Å². The Kier molecular flexibility index (Phi) is 9.58. The molecule has 3 heteroatoms. The van der Waals surface area contributed by atoms with E-state index < -0.39 is 6.10 Å². The minimum absolute atomic E-state index is 0.414. The second kappa shape index (κ2) is 10.6. The Morgan fingerprint density at radius 3 is 2.30 bits per heavy atom. The van der Waals surface area contributed by atoms with Crippen molar-refractivity contribution in [2.45, 2.75) is 70.8 Å². The van der Waals surface area contributed by atoms with Gasteiger partial charge < -0.3 is 5.11 Å². The van der Waals surface area contributed by atoms with Crippen LogP contribution in [0.2, 0.25) is 5.02 Å². The topological polar surface area (TPSA) is 20.2 Å². The van der Waals surface area contributed by atoms with E-state index >= 15 is 0 Å². The molecule has 0 aliphatic rings. The third-order valence-electron chi connectivity index (χ3n) is 3.65. The molecular weight excluding hydrogens is 336 g/mol. The zero-order chi connectivity index (χ0) is 14.8. The van der Waals surface area contributed by atoms with Crippen LogP contribution in [0.3, 0.4) is 0 Å². The van der Waals surface area contributed by atoms with Crippen molar-refractivity contribution in [3.8, 4) is 0 Å². The summed E-state index contributed by atoms with van der Waals surface area (Å²) in [5.74, 6) is 0. The lowest BCUT2D eigenvalue weighted by Gasteiger charge is -2.13. The van der Waals surface area contributed by atoms with E-state index in [9.17, 15) is 5.11 Å². The van der Waals surface area contributed by atoms with Gasteiger partial charge in [-0.1, -0.05) is 85.8 Å². The Hall–Kier alpha value is -0.0500. The van der Waals surface area contributed by atoms with Crippen molar-refractivity contribution < 1.29 is 5.11 Å². The molecular formula is C17H26BrClO. The summed E-state index contributed by atoms with van der Waals surface area (Å²) in [5.41, 5.74) is 0.903. The predicted octanol–water partition coefficient (Wildman–Crippen LogP) is 6.67. The number of aliphatic hydroxyl groups is 1. The molecule has 1 nitrogen and oxygen atoms in total. The monoisotopic (exact) mass is 360 g/mol. The molecule has 0 saturated carbocycles. The van der Waals surface area contributed by atoms with Gasteiger partial charge >= 0.3 is 0 Å². The van der Waals surface area contributed by atoms with E-state index in [4.69, 9.17) is 11.6 Å². The molecule has 0 bridgehead atoms. The Labute approximate surface area is 136 Å². The van der Waals surface area contributed by atoms with Crippen molar-refractivity contribution >= 4 is 27.5 Å². The Bertz CT molecular complexity index is 381. The van der Waals surface area contributed by atoms with Crippen LogP contribution in [-0.2, 0) is 0 Å². The van der Waals surface area contributed by atoms with Gasteiger partial charge in [0.1, 0.15) is 0 Å². The number of hydrogen-bond acceptors (Lipinski definition) is 1. The molecule has 0 saturated heterocycles. The van der Waals surface area contributed by atoms with Crippen LogP contribution >= 0.6 is 27.5 Å². The molecule has 0 aliphatic heterocycles. The summed E-state index contributed by atoms with van der Waals surface area (Å²) < 4.78 is 0.939. The Balaban J connectivity index is 2.17. The minimum atomic E-state index is -0.414. The maximum absolute atomic E-state index is 10.2. The molecule has 0 heterocycles. The summed E-state index contributed by atoms with van der Waals surface area (Å²) in [6.07, 6.45) is 10.7. The van der Waals surface area contributed by atoms with Gasteiger partial charge in [0.2, 0.25) is 0 Å². The lowest BCUT2D eigenvalue weighted by molar-refractivity contribution is 0.162. The van der Waals surface area contributed by atoms with Gasteiger partial charge in [-0.15, -0.1) is 0 Å². The van der Waals surface area contributed by atoms with Gasteiger partial charge in [0.25, 0.3) is 0 Å². The number of unbranched alkanes of at least 4 members (excludes halogenated alkanes) is 7. The number of rotatable bonds is 10. The highest BCUT2D eigenvalue weighted by molar-refractivity contribution is 9.10. The van der Waals surface area contributed by atoms with Crippen LogP contribution in [0, 0.1) is 0 Å². The first-order valence-corrected chi connectivity index (χ1v) is 8.95. The largest absolute Gasteiger partial charge is 0.388 e. The van der Waals surface area contributed by atoms with Crippen molar-refractivity contribution in [1.82, 2.24) is 0 Å². The molecule has 1 rings (SSSR count). The highest BCUT2D eigenvalue weighted by atomic mass is 79.9. The lowest BCUT2D eigenvalue weighted by Crippen LogP contribution is -1.98. The smallest absolute Gasteiger partial charge is 0.0801 e. The van der Waals surface area contributed by atoms with Crippen LogP contribution in [0.4, 0.5) is 0 Å². The van der Waals surface area contributed by atoms with Gasteiger partial charge in [-0.25, -0.2) is 0 Å². The second-order valence-corrected chi connectivity index (χ2v) is 6.74. The molecule has 114 valence electrons. The van der Waals surface area contributed by atoms with Crippen LogP contribution < -0.4 is 0 Å². The summed E-state index contributed by atoms with van der Waals surface area (Å²) in [6, 6.07) is 5.58. The molecule has 0 fully saturated rings. The van der Waals surface area contributed by atoms with Gasteiger partial charge in [-0.05, 0) is 30.2 Å². The third-order valence-corrected chi connectivity index (χ3v) is 4.61. The lowest BCUT2D eigenvalue weighted by atomic mass is 10.0. The quantitative estimate of drug-likeness (QED) is 0.461. The van der Waals surface area contributed by atoms with Crippen LogP contribution in [0.5, 0.6) is 0 Å². The molecule has 1 unspecified atom stereocenters. The third kappa shape index (κ3) is 7.10. The molecule has 0 aromatic heterocycles. The highest BCUT2D eigenvalue weighted by Gasteiger charge is 2.11. The SMILES string of the molecule is CCCCCCCCCCC(O)c1cc(Cl)ccc1Br. The average Bonchev–Trinajstić information content (AvgIpc) is 2.44. The summed E-state index contributed by atoms with van der Waals surface area (Å²) in [4.78, 5) is 0. The number of benzene rings is 1. The maximum Gasteiger partial charge on any atom is 0.0801 e. The minimum Gasteiger partial charge on any atom is -0.388 e. The molecule has 1 aromatic rings. The number of hydrogen-bond donors (Lipinski definition) is 1. The van der Waals surface area contributed by atoms with Crippen LogP contribution in [0.25, 0.3) is 0 Å². The van der Waals surface area contributed by atoms with Crippen molar-refractivity contribution in [3.63, 3.8) is 0 Å². The van der Waals surface area contributed by atoms with Gasteiger partial charge in [-0.2, -0.15) is 0 Å². The molecule has 20 heavy (non-hydrogen) atoms. The predicted molar refractivity (Wildman–Crippen MR) is 91.3 cm³/mol. The first-order valence-electron chi connectivity index (χ1n) is 7.78. The van der Waals surface area contributed by atoms with Crippen molar-refractivity contribution in [1.29, 1.82) is 0 Å².